The van der Waals surface area contributed by atoms with Gasteiger partial charge in [0.05, 0.1) is 6.54 Å². The summed E-state index contributed by atoms with van der Waals surface area (Å²) in [6.07, 6.45) is 7.83. The van der Waals surface area contributed by atoms with E-state index in [9.17, 15) is 9.59 Å². The van der Waals surface area contributed by atoms with Gasteiger partial charge in [0.15, 0.2) is 0 Å². The molecule has 0 atom stereocenters. The van der Waals surface area contributed by atoms with Crippen LogP contribution in [0.1, 0.15) is 59.3 Å². The summed E-state index contributed by atoms with van der Waals surface area (Å²) in [6, 6.07) is 0. The summed E-state index contributed by atoms with van der Waals surface area (Å²) < 4.78 is 0. The molecule has 5 fully saturated rings. The van der Waals surface area contributed by atoms with Crippen molar-refractivity contribution in [1.29, 1.82) is 0 Å². The fourth-order valence-electron chi connectivity index (χ4n) is 6.53. The van der Waals surface area contributed by atoms with Gasteiger partial charge in [-0.15, -0.1) is 0 Å². The highest BCUT2D eigenvalue weighted by molar-refractivity contribution is 5.85. The van der Waals surface area contributed by atoms with Crippen molar-refractivity contribution in [3.05, 3.63) is 0 Å². The van der Waals surface area contributed by atoms with Crippen LogP contribution in [-0.2, 0) is 9.59 Å². The summed E-state index contributed by atoms with van der Waals surface area (Å²) >= 11 is 0. The largest absolute Gasteiger partial charge is 0.347 e. The molecule has 0 radical (unpaired) electrons. The Kier molecular flexibility index (Phi) is 4.36. The number of carbonyl (C=O) groups excluding carboxylic acids is 2. The van der Waals surface area contributed by atoms with Gasteiger partial charge >= 0.3 is 0 Å². The minimum atomic E-state index is -0.0333. The number of nitrogens with one attached hydrogen (secondary N) is 1. The average Bonchev–Trinajstić information content (AvgIpc) is 2.43. The predicted octanol–water partition coefficient (Wildman–Crippen LogP) is 3.07. The molecule has 0 spiro atoms. The van der Waals surface area contributed by atoms with Crippen LogP contribution >= 0.6 is 0 Å². The second-order valence-electron chi connectivity index (χ2n) is 10.6. The first-order valence-corrected chi connectivity index (χ1v) is 10.3. The third kappa shape index (κ3) is 3.59. The standard InChI is InChI=1S/C21H34N2O2/c1-21(2,3)9-18(24)22-10-19(25)23-11-17(12-23)20-15-5-13-4-14(7-15)8-16(20)6-13/h13-17,20H,4-12H2,1-3H3,(H,22,24). The molecule has 4 heteroatoms. The lowest BCUT2D eigenvalue weighted by molar-refractivity contribution is -0.146. The van der Waals surface area contributed by atoms with Crippen LogP contribution in [0.3, 0.4) is 0 Å². The third-order valence-corrected chi connectivity index (χ3v) is 7.23. The molecule has 140 valence electrons. The zero-order valence-corrected chi connectivity index (χ0v) is 16.1. The van der Waals surface area contributed by atoms with Gasteiger partial charge in [0, 0.05) is 19.5 Å². The van der Waals surface area contributed by atoms with E-state index in [0.717, 1.165) is 48.6 Å². The van der Waals surface area contributed by atoms with E-state index in [4.69, 9.17) is 0 Å². The molecule has 4 bridgehead atoms. The topological polar surface area (TPSA) is 49.4 Å². The molecular formula is C21H34N2O2. The molecule has 1 N–H and O–H groups in total. The Bertz CT molecular complexity index is 517. The Morgan fingerprint density at radius 3 is 2.00 bits per heavy atom. The van der Waals surface area contributed by atoms with Crippen LogP contribution in [0.4, 0.5) is 0 Å². The molecule has 4 saturated carbocycles. The highest BCUT2D eigenvalue weighted by Gasteiger charge is 2.52. The van der Waals surface area contributed by atoms with Gasteiger partial charge in [0.1, 0.15) is 0 Å². The summed E-state index contributed by atoms with van der Waals surface area (Å²) in [6.45, 7) is 8.16. The van der Waals surface area contributed by atoms with Gasteiger partial charge in [-0.05, 0) is 73.0 Å². The molecule has 4 aliphatic carbocycles. The molecular weight excluding hydrogens is 312 g/mol. The lowest BCUT2D eigenvalue weighted by atomic mass is 9.49. The Morgan fingerprint density at radius 2 is 1.48 bits per heavy atom. The molecule has 0 unspecified atom stereocenters. The molecule has 4 nitrogen and oxygen atoms in total. The first kappa shape index (κ1) is 17.4. The number of amides is 2. The molecule has 0 aromatic carbocycles. The van der Waals surface area contributed by atoms with E-state index >= 15 is 0 Å². The number of hydrogen-bond acceptors (Lipinski definition) is 2. The summed E-state index contributed by atoms with van der Waals surface area (Å²) in [5, 5.41) is 2.80. The molecule has 5 rings (SSSR count). The zero-order chi connectivity index (χ0) is 17.8. The van der Waals surface area contributed by atoms with Gasteiger partial charge in [-0.2, -0.15) is 0 Å². The smallest absolute Gasteiger partial charge is 0.241 e. The van der Waals surface area contributed by atoms with Crippen LogP contribution in [0.15, 0.2) is 0 Å². The molecule has 1 heterocycles. The van der Waals surface area contributed by atoms with Crippen molar-refractivity contribution in [2.24, 2.45) is 40.9 Å². The second kappa shape index (κ2) is 6.28. The minimum Gasteiger partial charge on any atom is -0.347 e. The molecule has 1 aliphatic heterocycles. The van der Waals surface area contributed by atoms with Crippen LogP contribution in [0.2, 0.25) is 0 Å². The van der Waals surface area contributed by atoms with Crippen LogP contribution < -0.4 is 5.32 Å². The van der Waals surface area contributed by atoms with Gasteiger partial charge in [-0.1, -0.05) is 20.8 Å². The van der Waals surface area contributed by atoms with E-state index in [0.29, 0.717) is 6.42 Å². The first-order chi connectivity index (χ1) is 11.8. The van der Waals surface area contributed by atoms with Crippen molar-refractivity contribution in [3.63, 3.8) is 0 Å². The molecule has 2 amide bonds. The number of hydrogen-bond donors (Lipinski definition) is 1. The zero-order valence-electron chi connectivity index (χ0n) is 16.1. The summed E-state index contributed by atoms with van der Waals surface area (Å²) in [4.78, 5) is 26.2. The van der Waals surface area contributed by atoms with Gasteiger partial charge < -0.3 is 10.2 Å². The average molecular weight is 347 g/mol. The van der Waals surface area contributed by atoms with Gasteiger partial charge in [0.2, 0.25) is 11.8 Å². The monoisotopic (exact) mass is 346 g/mol. The van der Waals surface area contributed by atoms with Crippen molar-refractivity contribution in [1.82, 2.24) is 10.2 Å². The fraction of sp³-hybridized carbons (Fsp3) is 0.905. The minimum absolute atomic E-state index is 0.0149. The maximum absolute atomic E-state index is 12.3. The number of nitrogens with zero attached hydrogens (tertiary/aromatic N) is 1. The quantitative estimate of drug-likeness (QED) is 0.850. The lowest BCUT2D eigenvalue weighted by Crippen LogP contribution is -2.60. The third-order valence-electron chi connectivity index (χ3n) is 7.23. The second-order valence-corrected chi connectivity index (χ2v) is 10.6. The van der Waals surface area contributed by atoms with Gasteiger partial charge in [0.25, 0.3) is 0 Å². The molecule has 5 aliphatic rings. The summed E-state index contributed by atoms with van der Waals surface area (Å²) in [5.74, 6) is 5.64. The van der Waals surface area contributed by atoms with Crippen LogP contribution in [0.5, 0.6) is 0 Å². The molecule has 1 saturated heterocycles. The van der Waals surface area contributed by atoms with Gasteiger partial charge in [-0.3, -0.25) is 9.59 Å². The van der Waals surface area contributed by atoms with Crippen molar-refractivity contribution in [3.8, 4) is 0 Å². The highest BCUT2D eigenvalue weighted by Crippen LogP contribution is 2.59. The normalized spacial score (nSPS) is 37.1. The molecule has 0 aromatic heterocycles. The number of rotatable bonds is 4. The van der Waals surface area contributed by atoms with E-state index < -0.39 is 0 Å². The lowest BCUT2D eigenvalue weighted by Gasteiger charge is -2.59. The maximum atomic E-state index is 12.3. The molecule has 0 aromatic rings. The van der Waals surface area contributed by atoms with Crippen LogP contribution in [0.25, 0.3) is 0 Å². The van der Waals surface area contributed by atoms with E-state index in [-0.39, 0.29) is 23.8 Å². The first-order valence-electron chi connectivity index (χ1n) is 10.3. The van der Waals surface area contributed by atoms with Crippen molar-refractivity contribution in [2.45, 2.75) is 59.3 Å². The van der Waals surface area contributed by atoms with Crippen LogP contribution in [0, 0.1) is 40.9 Å². The summed E-state index contributed by atoms with van der Waals surface area (Å²) in [5.41, 5.74) is -0.0333. The summed E-state index contributed by atoms with van der Waals surface area (Å²) in [7, 11) is 0. The maximum Gasteiger partial charge on any atom is 0.241 e. The van der Waals surface area contributed by atoms with E-state index in [1.54, 1.807) is 0 Å². The van der Waals surface area contributed by atoms with Crippen LogP contribution in [-0.4, -0.2) is 36.3 Å². The molecule has 25 heavy (non-hydrogen) atoms. The Labute approximate surface area is 152 Å². The fourth-order valence-corrected chi connectivity index (χ4v) is 6.53. The van der Waals surface area contributed by atoms with Crippen molar-refractivity contribution in [2.75, 3.05) is 19.6 Å². The van der Waals surface area contributed by atoms with E-state index in [1.165, 1.54) is 32.1 Å². The Morgan fingerprint density at radius 1 is 0.920 bits per heavy atom. The van der Waals surface area contributed by atoms with Crippen molar-refractivity contribution >= 4 is 11.8 Å². The van der Waals surface area contributed by atoms with E-state index in [1.807, 2.05) is 25.7 Å². The predicted molar refractivity (Wildman–Crippen MR) is 97.7 cm³/mol. The van der Waals surface area contributed by atoms with Gasteiger partial charge in [-0.25, -0.2) is 0 Å². The SMILES string of the molecule is CC(C)(C)CC(=O)NCC(=O)N1CC(C2C3CC4CC(C3)CC2C4)C1. The number of likely N-dealkylation sites (tertiary alicyclic amines) is 1. The highest BCUT2D eigenvalue weighted by atomic mass is 16.2. The van der Waals surface area contributed by atoms with Crippen molar-refractivity contribution < 1.29 is 9.59 Å². The number of carbonyl (C=O) groups is 2. The van der Waals surface area contributed by atoms with E-state index in [2.05, 4.69) is 5.32 Å². The Balaban J connectivity index is 1.22. The Hall–Kier alpha value is -1.06.